The summed E-state index contributed by atoms with van der Waals surface area (Å²) in [5.74, 6) is 0.194. The number of fused-ring (bicyclic) bond motifs is 2. The predicted octanol–water partition coefficient (Wildman–Crippen LogP) is 3.64. The van der Waals surface area contributed by atoms with Crippen LogP contribution in [0.1, 0.15) is 42.5 Å². The molecule has 1 aromatic carbocycles. The van der Waals surface area contributed by atoms with Crippen molar-refractivity contribution in [2.45, 2.75) is 50.6 Å². The van der Waals surface area contributed by atoms with Crippen molar-refractivity contribution in [1.29, 1.82) is 0 Å². The molecule has 4 nitrogen and oxygen atoms in total. The van der Waals surface area contributed by atoms with Gasteiger partial charge in [0.25, 0.3) is 5.91 Å². The molecule has 3 N–H and O–H groups in total. The van der Waals surface area contributed by atoms with E-state index in [0.717, 1.165) is 44.2 Å². The van der Waals surface area contributed by atoms with Gasteiger partial charge in [0.15, 0.2) is 0 Å². The van der Waals surface area contributed by atoms with Gasteiger partial charge in [-0.1, -0.05) is 6.42 Å². The molecule has 0 aliphatic heterocycles. The maximum atomic E-state index is 12.4. The first-order valence-electron chi connectivity index (χ1n) is 8.24. The highest BCUT2D eigenvalue weighted by molar-refractivity contribution is 5.94. The topological polar surface area (TPSA) is 64.3 Å². The SMILES string of the molecule is Cl.NC1CC2CCCC(C1)C2NC(=O)c1ccc(OC(F)(F)F)cc1. The van der Waals surface area contributed by atoms with Gasteiger partial charge in [0.1, 0.15) is 5.75 Å². The molecular formula is C17H22ClF3N2O2. The molecule has 2 fully saturated rings. The number of rotatable bonds is 3. The highest BCUT2D eigenvalue weighted by atomic mass is 35.5. The van der Waals surface area contributed by atoms with Crippen molar-refractivity contribution in [3.63, 3.8) is 0 Å². The van der Waals surface area contributed by atoms with Crippen LogP contribution in [0.2, 0.25) is 0 Å². The number of carbonyl (C=O) groups excluding carboxylic acids is 1. The van der Waals surface area contributed by atoms with E-state index in [1.165, 1.54) is 12.1 Å². The van der Waals surface area contributed by atoms with Gasteiger partial charge in [0.2, 0.25) is 0 Å². The number of hydrogen-bond acceptors (Lipinski definition) is 3. The number of alkyl halides is 3. The molecule has 2 bridgehead atoms. The molecule has 0 heterocycles. The molecular weight excluding hydrogens is 357 g/mol. The van der Waals surface area contributed by atoms with Crippen LogP contribution in [-0.4, -0.2) is 24.4 Å². The smallest absolute Gasteiger partial charge is 0.406 e. The molecule has 2 unspecified atom stereocenters. The fourth-order valence-corrected chi connectivity index (χ4v) is 4.07. The Hall–Kier alpha value is -1.47. The summed E-state index contributed by atoms with van der Waals surface area (Å²) in [4.78, 5) is 12.4. The summed E-state index contributed by atoms with van der Waals surface area (Å²) < 4.78 is 40.3. The minimum atomic E-state index is -4.73. The molecule has 1 amide bonds. The number of carbonyl (C=O) groups is 1. The largest absolute Gasteiger partial charge is 0.573 e. The number of amides is 1. The summed E-state index contributed by atoms with van der Waals surface area (Å²) in [7, 11) is 0. The van der Waals surface area contributed by atoms with Crippen molar-refractivity contribution in [3.8, 4) is 5.75 Å². The van der Waals surface area contributed by atoms with Gasteiger partial charge >= 0.3 is 6.36 Å². The third kappa shape index (κ3) is 5.01. The first-order valence-corrected chi connectivity index (χ1v) is 8.24. The monoisotopic (exact) mass is 378 g/mol. The van der Waals surface area contributed by atoms with Gasteiger partial charge in [0.05, 0.1) is 0 Å². The quantitative estimate of drug-likeness (QED) is 0.844. The van der Waals surface area contributed by atoms with Gasteiger partial charge < -0.3 is 15.8 Å². The van der Waals surface area contributed by atoms with E-state index in [2.05, 4.69) is 10.1 Å². The summed E-state index contributed by atoms with van der Waals surface area (Å²) >= 11 is 0. The maximum absolute atomic E-state index is 12.4. The van der Waals surface area contributed by atoms with E-state index < -0.39 is 6.36 Å². The van der Waals surface area contributed by atoms with Crippen LogP contribution in [0.15, 0.2) is 24.3 Å². The predicted molar refractivity (Wildman–Crippen MR) is 89.7 cm³/mol. The van der Waals surface area contributed by atoms with Crippen LogP contribution >= 0.6 is 12.4 Å². The Kier molecular flexibility index (Phi) is 6.21. The average molecular weight is 379 g/mol. The molecule has 0 aromatic heterocycles. The lowest BCUT2D eigenvalue weighted by Gasteiger charge is -2.45. The fraction of sp³-hybridized carbons (Fsp3) is 0.588. The van der Waals surface area contributed by atoms with E-state index in [1.807, 2.05) is 0 Å². The zero-order chi connectivity index (χ0) is 17.3. The number of hydrogen-bond donors (Lipinski definition) is 2. The minimum absolute atomic E-state index is 0. The molecule has 140 valence electrons. The normalized spacial score (nSPS) is 28.6. The van der Waals surface area contributed by atoms with Crippen molar-refractivity contribution < 1.29 is 22.7 Å². The Morgan fingerprint density at radius 2 is 1.68 bits per heavy atom. The molecule has 2 aliphatic carbocycles. The third-order valence-electron chi connectivity index (χ3n) is 5.02. The fourth-order valence-electron chi connectivity index (χ4n) is 4.07. The van der Waals surface area contributed by atoms with Crippen LogP contribution in [-0.2, 0) is 0 Å². The van der Waals surface area contributed by atoms with Gasteiger partial charge in [-0.2, -0.15) is 0 Å². The highest BCUT2D eigenvalue weighted by Gasteiger charge is 2.40. The van der Waals surface area contributed by atoms with Crippen LogP contribution in [0.5, 0.6) is 5.75 Å². The lowest BCUT2D eigenvalue weighted by molar-refractivity contribution is -0.274. The van der Waals surface area contributed by atoms with Gasteiger partial charge in [-0.25, -0.2) is 0 Å². The van der Waals surface area contributed by atoms with Crippen LogP contribution in [0, 0.1) is 11.8 Å². The van der Waals surface area contributed by atoms with Gasteiger partial charge in [-0.05, 0) is 61.8 Å². The summed E-state index contributed by atoms with van der Waals surface area (Å²) in [6, 6.07) is 5.31. The Bertz CT molecular complexity index is 581. The van der Waals surface area contributed by atoms with Crippen molar-refractivity contribution in [2.24, 2.45) is 17.6 Å². The number of nitrogens with two attached hydrogens (primary N) is 1. The van der Waals surface area contributed by atoms with Crippen LogP contribution in [0.25, 0.3) is 0 Å². The van der Waals surface area contributed by atoms with Crippen molar-refractivity contribution in [1.82, 2.24) is 5.32 Å². The van der Waals surface area contributed by atoms with E-state index in [4.69, 9.17) is 5.73 Å². The number of halogens is 4. The second-order valence-corrected chi connectivity index (χ2v) is 6.75. The second-order valence-electron chi connectivity index (χ2n) is 6.75. The zero-order valence-corrected chi connectivity index (χ0v) is 14.4. The van der Waals surface area contributed by atoms with Crippen LogP contribution < -0.4 is 15.8 Å². The molecule has 2 saturated carbocycles. The van der Waals surface area contributed by atoms with E-state index in [0.29, 0.717) is 17.4 Å². The van der Waals surface area contributed by atoms with Gasteiger partial charge in [0, 0.05) is 17.6 Å². The Balaban J connectivity index is 0.00000225. The summed E-state index contributed by atoms with van der Waals surface area (Å²) in [6.07, 6.45) is 0.389. The first kappa shape index (κ1) is 19.8. The number of benzene rings is 1. The summed E-state index contributed by atoms with van der Waals surface area (Å²) in [5, 5.41) is 3.07. The van der Waals surface area contributed by atoms with E-state index >= 15 is 0 Å². The van der Waals surface area contributed by atoms with E-state index in [9.17, 15) is 18.0 Å². The molecule has 0 saturated heterocycles. The van der Waals surface area contributed by atoms with Crippen molar-refractivity contribution in [3.05, 3.63) is 29.8 Å². The average Bonchev–Trinajstić information content (AvgIpc) is 2.47. The molecule has 3 rings (SSSR count). The number of nitrogens with one attached hydrogen (secondary N) is 1. The molecule has 1 aromatic rings. The standard InChI is InChI=1S/C17H21F3N2O2.ClH/c18-17(19,20)24-14-6-4-10(5-7-14)16(23)22-15-11-2-1-3-12(15)9-13(21)8-11;/h4-7,11-13,15H,1-3,8-9,21H2,(H,22,23);1H. The van der Waals surface area contributed by atoms with Gasteiger partial charge in [-0.3, -0.25) is 4.79 Å². The molecule has 0 spiro atoms. The lowest BCUT2D eigenvalue weighted by Crippen LogP contribution is -2.53. The first-order chi connectivity index (χ1) is 11.3. The zero-order valence-electron chi connectivity index (χ0n) is 13.6. The molecule has 2 atom stereocenters. The Morgan fingerprint density at radius 1 is 1.12 bits per heavy atom. The van der Waals surface area contributed by atoms with Gasteiger partial charge in [-0.15, -0.1) is 25.6 Å². The third-order valence-corrected chi connectivity index (χ3v) is 5.02. The second kappa shape index (κ2) is 7.83. The minimum Gasteiger partial charge on any atom is -0.406 e. The van der Waals surface area contributed by atoms with Crippen molar-refractivity contribution >= 4 is 18.3 Å². The Morgan fingerprint density at radius 3 is 2.20 bits per heavy atom. The van der Waals surface area contributed by atoms with Crippen molar-refractivity contribution in [2.75, 3.05) is 0 Å². The van der Waals surface area contributed by atoms with Crippen LogP contribution in [0.4, 0.5) is 13.2 Å². The van der Waals surface area contributed by atoms with E-state index in [-0.39, 0.29) is 36.1 Å². The Labute approximate surface area is 150 Å². The molecule has 0 radical (unpaired) electrons. The van der Waals surface area contributed by atoms with E-state index in [1.54, 1.807) is 0 Å². The molecule has 2 aliphatic rings. The summed E-state index contributed by atoms with van der Waals surface area (Å²) in [5.41, 5.74) is 6.41. The maximum Gasteiger partial charge on any atom is 0.573 e. The lowest BCUT2D eigenvalue weighted by atomic mass is 9.67. The van der Waals surface area contributed by atoms with Crippen LogP contribution in [0.3, 0.4) is 0 Å². The highest BCUT2D eigenvalue weighted by Crippen LogP contribution is 2.39. The summed E-state index contributed by atoms with van der Waals surface area (Å²) in [6.45, 7) is 0. The molecule has 25 heavy (non-hydrogen) atoms. The number of ether oxygens (including phenoxy) is 1. The molecule has 8 heteroatoms.